The summed E-state index contributed by atoms with van der Waals surface area (Å²) in [4.78, 5) is 11.6. The van der Waals surface area contributed by atoms with Crippen molar-refractivity contribution in [2.75, 3.05) is 0 Å². The molecule has 1 aromatic rings. The first kappa shape index (κ1) is 12.0. The fourth-order valence-electron chi connectivity index (χ4n) is 2.28. The summed E-state index contributed by atoms with van der Waals surface area (Å²) in [7, 11) is 0. The number of rotatable bonds is 1. The van der Waals surface area contributed by atoms with Crippen LogP contribution in [0.1, 0.15) is 13.4 Å². The van der Waals surface area contributed by atoms with Crippen LogP contribution in [0, 0.1) is 0 Å². The minimum atomic E-state index is -2.01. The standard InChI is InChI=1S/C15H12O6/c16-9-3-1-8(2-4-9)15(20)7-12(19)14-11(18)5-10(17)6-13(14)21-15/h1-6,16,18-20H,7H2/t15-/m0/s1/i6D. The van der Waals surface area contributed by atoms with Crippen LogP contribution in [0.25, 0.3) is 0 Å². The molecular formula is C15H12O6. The number of carbonyl (C=O) groups excluding carboxylic acids is 1. The van der Waals surface area contributed by atoms with Crippen molar-refractivity contribution in [1.29, 1.82) is 0 Å². The van der Waals surface area contributed by atoms with Crippen LogP contribution < -0.4 is 0 Å². The van der Waals surface area contributed by atoms with Crippen LogP contribution in [0.5, 0.6) is 5.75 Å². The van der Waals surface area contributed by atoms with Crippen molar-refractivity contribution in [3.8, 4) is 5.75 Å². The Hall–Kier alpha value is -2.73. The van der Waals surface area contributed by atoms with Crippen LogP contribution in [0.15, 0.2) is 59.2 Å². The first-order chi connectivity index (χ1) is 10.3. The van der Waals surface area contributed by atoms with Gasteiger partial charge >= 0.3 is 0 Å². The lowest BCUT2D eigenvalue weighted by atomic mass is 9.92. The predicted molar refractivity (Wildman–Crippen MR) is 71.2 cm³/mol. The zero-order chi connectivity index (χ0) is 16.1. The third-order valence-electron chi connectivity index (χ3n) is 3.27. The molecule has 0 bridgehead atoms. The molecule has 6 nitrogen and oxygen atoms in total. The monoisotopic (exact) mass is 289 g/mol. The molecule has 0 spiro atoms. The van der Waals surface area contributed by atoms with E-state index in [2.05, 4.69) is 0 Å². The molecule has 1 aliphatic carbocycles. The van der Waals surface area contributed by atoms with Crippen LogP contribution in [-0.4, -0.2) is 26.2 Å². The summed E-state index contributed by atoms with van der Waals surface area (Å²) in [6.45, 7) is 0. The molecular weight excluding hydrogens is 276 g/mol. The van der Waals surface area contributed by atoms with Crippen LogP contribution in [0.3, 0.4) is 0 Å². The number of benzene rings is 1. The number of hydrogen-bond donors (Lipinski definition) is 4. The maximum atomic E-state index is 11.6. The fourth-order valence-corrected chi connectivity index (χ4v) is 2.28. The van der Waals surface area contributed by atoms with E-state index >= 15 is 0 Å². The molecule has 0 fully saturated rings. The molecule has 21 heavy (non-hydrogen) atoms. The molecule has 0 saturated carbocycles. The normalized spacial score (nSPS) is 26.0. The Labute approximate surface area is 120 Å². The van der Waals surface area contributed by atoms with Crippen LogP contribution in [0.2, 0.25) is 0 Å². The molecule has 0 aromatic heterocycles. The van der Waals surface area contributed by atoms with Crippen LogP contribution >= 0.6 is 0 Å². The molecule has 0 unspecified atom stereocenters. The van der Waals surface area contributed by atoms with Gasteiger partial charge in [-0.1, -0.05) is 0 Å². The molecule has 3 rings (SSSR count). The van der Waals surface area contributed by atoms with Gasteiger partial charge in [0.25, 0.3) is 0 Å². The Morgan fingerprint density at radius 3 is 2.52 bits per heavy atom. The second kappa shape index (κ2) is 4.39. The first-order valence-corrected chi connectivity index (χ1v) is 6.11. The Morgan fingerprint density at radius 2 is 1.86 bits per heavy atom. The highest BCUT2D eigenvalue weighted by Crippen LogP contribution is 2.42. The molecule has 0 radical (unpaired) electrons. The quantitative estimate of drug-likeness (QED) is 0.626. The molecule has 1 aliphatic heterocycles. The van der Waals surface area contributed by atoms with Gasteiger partial charge in [0.1, 0.15) is 23.0 Å². The summed E-state index contributed by atoms with van der Waals surface area (Å²) in [5.74, 6) is -4.12. The van der Waals surface area contributed by atoms with Crippen molar-refractivity contribution in [3.63, 3.8) is 0 Å². The van der Waals surface area contributed by atoms with Gasteiger partial charge in [-0.3, -0.25) is 4.79 Å². The Balaban J connectivity index is 2.12. The minimum Gasteiger partial charge on any atom is -0.511 e. The number of allylic oxidation sites excluding steroid dienone is 2. The number of aliphatic hydroxyl groups is 3. The number of fused-ring (bicyclic) bond motifs is 1. The van der Waals surface area contributed by atoms with Crippen molar-refractivity contribution in [1.82, 2.24) is 0 Å². The van der Waals surface area contributed by atoms with E-state index in [0.29, 0.717) is 0 Å². The Kier molecular flexibility index (Phi) is 2.52. The lowest BCUT2D eigenvalue weighted by molar-refractivity contribution is -0.193. The summed E-state index contributed by atoms with van der Waals surface area (Å²) in [5.41, 5.74) is 0.0470. The molecule has 6 heteroatoms. The Morgan fingerprint density at radius 1 is 1.19 bits per heavy atom. The van der Waals surface area contributed by atoms with E-state index in [1.165, 1.54) is 24.3 Å². The predicted octanol–water partition coefficient (Wildman–Crippen LogP) is 1.68. The molecule has 1 atom stereocenters. The third-order valence-corrected chi connectivity index (χ3v) is 3.27. The number of aliphatic hydroxyl groups excluding tert-OH is 2. The van der Waals surface area contributed by atoms with E-state index in [-0.39, 0.29) is 29.1 Å². The lowest BCUT2D eigenvalue weighted by Gasteiger charge is -2.35. The smallest absolute Gasteiger partial charge is 0.242 e. The van der Waals surface area contributed by atoms with Crippen molar-refractivity contribution in [2.24, 2.45) is 0 Å². The number of phenols is 1. The zero-order valence-electron chi connectivity index (χ0n) is 11.7. The molecule has 0 saturated heterocycles. The average Bonchev–Trinajstić information content (AvgIpc) is 2.44. The van der Waals surface area contributed by atoms with E-state index in [9.17, 15) is 25.2 Å². The van der Waals surface area contributed by atoms with Gasteiger partial charge in [0, 0.05) is 17.7 Å². The summed E-state index contributed by atoms with van der Waals surface area (Å²) < 4.78 is 13.1. The number of aromatic hydroxyl groups is 1. The zero-order valence-corrected chi connectivity index (χ0v) is 10.7. The van der Waals surface area contributed by atoms with Crippen molar-refractivity contribution in [2.45, 2.75) is 12.2 Å². The van der Waals surface area contributed by atoms with Gasteiger partial charge in [-0.2, -0.15) is 0 Å². The largest absolute Gasteiger partial charge is 0.511 e. The van der Waals surface area contributed by atoms with Gasteiger partial charge in [-0.15, -0.1) is 0 Å². The molecule has 1 aromatic carbocycles. The average molecular weight is 289 g/mol. The van der Waals surface area contributed by atoms with Crippen LogP contribution in [0.4, 0.5) is 0 Å². The number of hydrogen-bond acceptors (Lipinski definition) is 6. The second-order valence-corrected chi connectivity index (χ2v) is 4.78. The first-order valence-electron chi connectivity index (χ1n) is 6.61. The van der Waals surface area contributed by atoms with Gasteiger partial charge in [0.2, 0.25) is 5.79 Å². The third kappa shape index (κ3) is 2.15. The maximum absolute atomic E-state index is 11.6. The highest BCUT2D eigenvalue weighted by atomic mass is 16.6. The minimum absolute atomic E-state index is 0.0163. The summed E-state index contributed by atoms with van der Waals surface area (Å²) in [5, 5.41) is 39.7. The van der Waals surface area contributed by atoms with Crippen LogP contribution in [-0.2, 0) is 15.3 Å². The van der Waals surface area contributed by atoms with E-state index in [4.69, 9.17) is 6.11 Å². The maximum Gasteiger partial charge on any atom is 0.242 e. The van der Waals surface area contributed by atoms with Gasteiger partial charge < -0.3 is 25.2 Å². The van der Waals surface area contributed by atoms with E-state index in [1.807, 2.05) is 0 Å². The molecule has 0 amide bonds. The van der Waals surface area contributed by atoms with Gasteiger partial charge in [0.05, 0.1) is 13.4 Å². The number of ketones is 1. The number of phenolic OH excluding ortho intramolecular Hbond substituents is 1. The highest BCUT2D eigenvalue weighted by Gasteiger charge is 2.42. The number of carbonyl (C=O) groups is 1. The molecule has 1 heterocycles. The van der Waals surface area contributed by atoms with Gasteiger partial charge in [0.15, 0.2) is 5.78 Å². The molecule has 2 aliphatic rings. The topological polar surface area (TPSA) is 107 Å². The number of ether oxygens (including phenoxy) is 1. The van der Waals surface area contributed by atoms with E-state index in [1.54, 1.807) is 0 Å². The lowest BCUT2D eigenvalue weighted by Crippen LogP contribution is -2.35. The van der Waals surface area contributed by atoms with E-state index in [0.717, 1.165) is 6.08 Å². The molecule has 4 N–H and O–H groups in total. The molecule has 108 valence electrons. The van der Waals surface area contributed by atoms with Gasteiger partial charge in [-0.05, 0) is 24.3 Å². The summed E-state index contributed by atoms with van der Waals surface area (Å²) in [6.07, 6.45) is 0.432. The van der Waals surface area contributed by atoms with E-state index < -0.39 is 29.1 Å². The fraction of sp³-hybridized carbons (Fsp3) is 0.133. The SMILES string of the molecule is [2H]C1=C2O[C@](O)(c3ccc(O)cc3)CC(O)=C2C(O)=CC1=O. The summed E-state index contributed by atoms with van der Waals surface area (Å²) in [6, 6.07) is 4.85. The highest BCUT2D eigenvalue weighted by molar-refractivity contribution is 6.02. The van der Waals surface area contributed by atoms with Crippen molar-refractivity contribution in [3.05, 3.63) is 64.8 Å². The van der Waals surface area contributed by atoms with Crippen molar-refractivity contribution < 1.29 is 31.3 Å². The Bertz CT molecular complexity index is 759. The second-order valence-electron chi connectivity index (χ2n) is 4.78. The van der Waals surface area contributed by atoms with Crippen molar-refractivity contribution >= 4 is 5.78 Å². The van der Waals surface area contributed by atoms with Gasteiger partial charge in [-0.25, -0.2) is 0 Å². The summed E-state index contributed by atoms with van der Waals surface area (Å²) >= 11 is 0.